The largest absolute Gasteiger partial charge is 0.396 e. The van der Waals surface area contributed by atoms with Crippen molar-refractivity contribution in [1.29, 1.82) is 0 Å². The van der Waals surface area contributed by atoms with Crippen LogP contribution in [-0.2, 0) is 4.79 Å². The first-order valence-corrected chi connectivity index (χ1v) is 6.86. The molecule has 3 nitrogen and oxygen atoms in total. The molecule has 2 heterocycles. The molecule has 1 unspecified atom stereocenters. The fourth-order valence-corrected chi connectivity index (χ4v) is 3.60. The van der Waals surface area contributed by atoms with Crippen molar-refractivity contribution in [3.8, 4) is 0 Å². The molecule has 0 saturated carbocycles. The van der Waals surface area contributed by atoms with Crippen LogP contribution in [0.2, 0.25) is 0 Å². The Morgan fingerprint density at radius 1 is 1.60 bits per heavy atom. The maximum absolute atomic E-state index is 11.6. The van der Waals surface area contributed by atoms with E-state index >= 15 is 0 Å². The minimum absolute atomic E-state index is 0.144. The van der Waals surface area contributed by atoms with Crippen molar-refractivity contribution in [1.82, 2.24) is 4.90 Å². The molecule has 82 valence electrons. The molecule has 1 aromatic heterocycles. The van der Waals surface area contributed by atoms with E-state index in [1.165, 1.54) is 5.56 Å². The number of carbonyl (C=O) groups excluding carboxylic acids is 1. The van der Waals surface area contributed by atoms with E-state index in [1.807, 2.05) is 10.3 Å². The highest BCUT2D eigenvalue weighted by Gasteiger charge is 2.32. The van der Waals surface area contributed by atoms with Crippen LogP contribution in [0, 0.1) is 0 Å². The fraction of sp³-hybridized carbons (Fsp3) is 0.500. The second-order valence-corrected chi connectivity index (χ2v) is 5.23. The second-order valence-electron chi connectivity index (χ2n) is 3.38. The summed E-state index contributed by atoms with van der Waals surface area (Å²) in [4.78, 5) is 13.5. The first kappa shape index (κ1) is 11.0. The van der Waals surface area contributed by atoms with Gasteiger partial charge in [0.25, 0.3) is 0 Å². The van der Waals surface area contributed by atoms with E-state index in [4.69, 9.17) is 5.11 Å². The summed E-state index contributed by atoms with van der Waals surface area (Å²) in [7, 11) is 0. The van der Waals surface area contributed by atoms with E-state index in [0.29, 0.717) is 18.7 Å². The van der Waals surface area contributed by atoms with Gasteiger partial charge in [-0.25, -0.2) is 0 Å². The summed E-state index contributed by atoms with van der Waals surface area (Å²) in [5, 5.41) is 13.1. The number of carbonyl (C=O) groups is 1. The van der Waals surface area contributed by atoms with E-state index in [1.54, 1.807) is 23.1 Å². The van der Waals surface area contributed by atoms with Crippen LogP contribution in [0.15, 0.2) is 16.8 Å². The lowest BCUT2D eigenvalue weighted by Gasteiger charge is -2.22. The van der Waals surface area contributed by atoms with Gasteiger partial charge in [-0.1, -0.05) is 0 Å². The molecule has 1 amide bonds. The Balaban J connectivity index is 2.07. The number of nitrogens with zero attached hydrogens (tertiary/aromatic N) is 1. The number of thiophene rings is 1. The molecule has 1 atom stereocenters. The van der Waals surface area contributed by atoms with Gasteiger partial charge in [-0.05, 0) is 28.8 Å². The molecule has 5 heteroatoms. The molecule has 0 bridgehead atoms. The van der Waals surface area contributed by atoms with E-state index in [2.05, 4.69) is 11.4 Å². The third-order valence-electron chi connectivity index (χ3n) is 2.35. The average molecular weight is 243 g/mol. The van der Waals surface area contributed by atoms with Gasteiger partial charge in [0.05, 0.1) is 5.75 Å². The van der Waals surface area contributed by atoms with Crippen LogP contribution >= 0.6 is 23.1 Å². The second kappa shape index (κ2) is 5.01. The summed E-state index contributed by atoms with van der Waals surface area (Å²) >= 11 is 3.32. The molecule has 0 spiro atoms. The summed E-state index contributed by atoms with van der Waals surface area (Å²) < 4.78 is 0. The molecule has 15 heavy (non-hydrogen) atoms. The van der Waals surface area contributed by atoms with E-state index < -0.39 is 0 Å². The Morgan fingerprint density at radius 2 is 2.47 bits per heavy atom. The van der Waals surface area contributed by atoms with Gasteiger partial charge in [0.15, 0.2) is 0 Å². The van der Waals surface area contributed by atoms with Crippen LogP contribution in [0.4, 0.5) is 0 Å². The maximum atomic E-state index is 11.6. The predicted octanol–water partition coefficient (Wildman–Crippen LogP) is 1.70. The van der Waals surface area contributed by atoms with Crippen molar-refractivity contribution >= 4 is 29.0 Å². The van der Waals surface area contributed by atoms with Gasteiger partial charge < -0.3 is 10.0 Å². The third-order valence-corrected chi connectivity index (χ3v) is 4.31. The lowest BCUT2D eigenvalue weighted by molar-refractivity contribution is -0.128. The molecule has 0 radical (unpaired) electrons. The lowest BCUT2D eigenvalue weighted by Crippen LogP contribution is -2.29. The van der Waals surface area contributed by atoms with Crippen LogP contribution in [0.25, 0.3) is 0 Å². The van der Waals surface area contributed by atoms with Crippen LogP contribution in [0.1, 0.15) is 17.4 Å². The van der Waals surface area contributed by atoms with Gasteiger partial charge >= 0.3 is 0 Å². The molecule has 1 saturated heterocycles. The van der Waals surface area contributed by atoms with Crippen molar-refractivity contribution in [3.63, 3.8) is 0 Å². The Labute approximate surface area is 97.1 Å². The smallest absolute Gasteiger partial charge is 0.233 e. The number of rotatable bonds is 4. The molecule has 1 aliphatic rings. The Kier molecular flexibility index (Phi) is 3.66. The van der Waals surface area contributed by atoms with Gasteiger partial charge in [0.2, 0.25) is 5.91 Å². The van der Waals surface area contributed by atoms with Gasteiger partial charge in [-0.2, -0.15) is 11.3 Å². The molecule has 2 rings (SSSR count). The average Bonchev–Trinajstić information content (AvgIpc) is 2.84. The highest BCUT2D eigenvalue weighted by Crippen LogP contribution is 2.39. The zero-order valence-electron chi connectivity index (χ0n) is 8.26. The van der Waals surface area contributed by atoms with Gasteiger partial charge in [0.1, 0.15) is 5.37 Å². The van der Waals surface area contributed by atoms with Crippen LogP contribution in [0.5, 0.6) is 0 Å². The standard InChI is InChI=1S/C10H13NO2S2/c12-4-1-3-11-9(13)7-15-10(11)8-2-5-14-6-8/h2,5-6,10,12H,1,3-4,7H2. The van der Waals surface area contributed by atoms with Crippen molar-refractivity contribution in [2.45, 2.75) is 11.8 Å². The quantitative estimate of drug-likeness (QED) is 0.875. The number of aliphatic hydroxyl groups excluding tert-OH is 1. The number of thioether (sulfide) groups is 1. The zero-order valence-corrected chi connectivity index (χ0v) is 9.89. The molecule has 1 fully saturated rings. The molecular formula is C10H13NO2S2. The minimum Gasteiger partial charge on any atom is -0.396 e. The minimum atomic E-state index is 0.144. The molecule has 0 aliphatic carbocycles. The van der Waals surface area contributed by atoms with Gasteiger partial charge in [-0.3, -0.25) is 4.79 Å². The molecule has 1 aromatic rings. The fourth-order valence-electron chi connectivity index (χ4n) is 1.63. The van der Waals surface area contributed by atoms with Crippen LogP contribution < -0.4 is 0 Å². The number of hydrogen-bond acceptors (Lipinski definition) is 4. The summed E-state index contributed by atoms with van der Waals surface area (Å²) in [5.41, 5.74) is 1.20. The van der Waals surface area contributed by atoms with Gasteiger partial charge in [0, 0.05) is 13.2 Å². The summed E-state index contributed by atoms with van der Waals surface area (Å²) in [6, 6.07) is 2.06. The van der Waals surface area contributed by atoms with E-state index in [0.717, 1.165) is 0 Å². The highest BCUT2D eigenvalue weighted by atomic mass is 32.2. The Hall–Kier alpha value is -0.520. The zero-order chi connectivity index (χ0) is 10.7. The lowest BCUT2D eigenvalue weighted by atomic mass is 10.3. The highest BCUT2D eigenvalue weighted by molar-refractivity contribution is 8.00. The van der Waals surface area contributed by atoms with Gasteiger partial charge in [-0.15, -0.1) is 11.8 Å². The first-order valence-electron chi connectivity index (χ1n) is 4.87. The number of amides is 1. The third kappa shape index (κ3) is 2.35. The maximum Gasteiger partial charge on any atom is 0.233 e. The Morgan fingerprint density at radius 3 is 3.13 bits per heavy atom. The monoisotopic (exact) mass is 243 g/mol. The predicted molar refractivity (Wildman–Crippen MR) is 62.9 cm³/mol. The number of aliphatic hydroxyl groups is 1. The van der Waals surface area contributed by atoms with Crippen molar-refractivity contribution < 1.29 is 9.90 Å². The van der Waals surface area contributed by atoms with Crippen molar-refractivity contribution in [2.75, 3.05) is 18.9 Å². The first-order chi connectivity index (χ1) is 7.33. The van der Waals surface area contributed by atoms with Crippen LogP contribution in [-0.4, -0.2) is 34.8 Å². The van der Waals surface area contributed by atoms with Crippen molar-refractivity contribution in [3.05, 3.63) is 22.4 Å². The molecule has 0 aromatic carbocycles. The number of hydrogen-bond donors (Lipinski definition) is 1. The van der Waals surface area contributed by atoms with E-state index in [9.17, 15) is 4.79 Å². The van der Waals surface area contributed by atoms with Crippen LogP contribution in [0.3, 0.4) is 0 Å². The molecule has 1 aliphatic heterocycles. The Bertz CT molecular complexity index is 326. The molecular weight excluding hydrogens is 230 g/mol. The van der Waals surface area contributed by atoms with E-state index in [-0.39, 0.29) is 17.9 Å². The SMILES string of the molecule is O=C1CSC(c2ccsc2)N1CCCO. The summed E-state index contributed by atoms with van der Waals surface area (Å²) in [6.07, 6.45) is 0.660. The normalized spacial score (nSPS) is 21.3. The topological polar surface area (TPSA) is 40.5 Å². The summed E-state index contributed by atoms with van der Waals surface area (Å²) in [6.45, 7) is 0.799. The summed E-state index contributed by atoms with van der Waals surface area (Å²) in [5.74, 6) is 0.746. The molecule has 1 N–H and O–H groups in total. The van der Waals surface area contributed by atoms with Crippen molar-refractivity contribution in [2.24, 2.45) is 0 Å².